The highest BCUT2D eigenvalue weighted by molar-refractivity contribution is 6.36. The standard InChI is InChI=1S/C24H20FN3O4/c1-31-18-9-10-20(32-2)19(12-18)27-22-21(16-5-7-17(25)8-6-16)23(29)28(24(22)30)14-15-4-3-11-26-13-15/h3-13,27H,14H2,1-2H3. The number of anilines is 1. The van der Waals surface area contributed by atoms with Crippen LogP contribution < -0.4 is 14.8 Å². The fraction of sp³-hybridized carbons (Fsp3) is 0.125. The Morgan fingerprint density at radius 1 is 1.00 bits per heavy atom. The topological polar surface area (TPSA) is 80.8 Å². The second kappa shape index (κ2) is 8.89. The molecule has 4 rings (SSSR count). The molecule has 2 amide bonds. The van der Waals surface area contributed by atoms with Crippen molar-refractivity contribution in [2.75, 3.05) is 19.5 Å². The van der Waals surface area contributed by atoms with Gasteiger partial charge in [-0.1, -0.05) is 18.2 Å². The lowest BCUT2D eigenvalue weighted by molar-refractivity contribution is -0.137. The molecule has 162 valence electrons. The van der Waals surface area contributed by atoms with Crippen molar-refractivity contribution in [3.63, 3.8) is 0 Å². The average Bonchev–Trinajstić information content (AvgIpc) is 3.04. The number of rotatable bonds is 7. The van der Waals surface area contributed by atoms with Gasteiger partial charge >= 0.3 is 0 Å². The number of benzene rings is 2. The van der Waals surface area contributed by atoms with Gasteiger partial charge in [0.15, 0.2) is 0 Å². The first-order valence-electron chi connectivity index (χ1n) is 9.76. The van der Waals surface area contributed by atoms with E-state index >= 15 is 0 Å². The average molecular weight is 433 g/mol. The van der Waals surface area contributed by atoms with Crippen LogP contribution in [0.15, 0.2) is 72.7 Å². The third-order valence-electron chi connectivity index (χ3n) is 5.03. The molecule has 0 atom stereocenters. The number of aromatic nitrogens is 1. The van der Waals surface area contributed by atoms with Crippen LogP contribution in [0.3, 0.4) is 0 Å². The molecule has 32 heavy (non-hydrogen) atoms. The highest BCUT2D eigenvalue weighted by atomic mass is 19.1. The molecule has 1 aromatic heterocycles. The Morgan fingerprint density at radius 2 is 1.78 bits per heavy atom. The van der Waals surface area contributed by atoms with E-state index in [4.69, 9.17) is 9.47 Å². The van der Waals surface area contributed by atoms with Crippen molar-refractivity contribution in [3.8, 4) is 11.5 Å². The number of halogens is 1. The number of methoxy groups -OCH3 is 2. The molecule has 0 aliphatic carbocycles. The summed E-state index contributed by atoms with van der Waals surface area (Å²) in [4.78, 5) is 31.8. The largest absolute Gasteiger partial charge is 0.497 e. The summed E-state index contributed by atoms with van der Waals surface area (Å²) in [5.74, 6) is -0.441. The van der Waals surface area contributed by atoms with E-state index in [1.165, 1.54) is 38.5 Å². The molecule has 1 aliphatic rings. The van der Waals surface area contributed by atoms with Crippen molar-refractivity contribution in [3.05, 3.63) is 89.6 Å². The molecule has 7 nitrogen and oxygen atoms in total. The van der Waals surface area contributed by atoms with E-state index in [2.05, 4.69) is 10.3 Å². The maximum atomic E-state index is 13.5. The number of amides is 2. The zero-order chi connectivity index (χ0) is 22.7. The Morgan fingerprint density at radius 3 is 2.44 bits per heavy atom. The normalized spacial score (nSPS) is 13.5. The maximum absolute atomic E-state index is 13.5. The van der Waals surface area contributed by atoms with Gasteiger partial charge in [-0.3, -0.25) is 19.5 Å². The first-order valence-corrected chi connectivity index (χ1v) is 9.76. The van der Waals surface area contributed by atoms with E-state index in [1.807, 2.05) is 0 Å². The second-order valence-corrected chi connectivity index (χ2v) is 7.01. The third-order valence-corrected chi connectivity index (χ3v) is 5.03. The molecule has 0 unspecified atom stereocenters. The summed E-state index contributed by atoms with van der Waals surface area (Å²) in [5, 5.41) is 3.05. The molecule has 0 saturated heterocycles. The number of pyridine rings is 1. The number of hydrogen-bond donors (Lipinski definition) is 1. The summed E-state index contributed by atoms with van der Waals surface area (Å²) in [7, 11) is 3.02. The van der Waals surface area contributed by atoms with Crippen molar-refractivity contribution in [1.29, 1.82) is 0 Å². The monoisotopic (exact) mass is 433 g/mol. The van der Waals surface area contributed by atoms with Crippen molar-refractivity contribution in [1.82, 2.24) is 9.88 Å². The number of nitrogens with one attached hydrogen (secondary N) is 1. The molecule has 2 aromatic carbocycles. The molecule has 0 fully saturated rings. The molecule has 0 radical (unpaired) electrons. The Labute approximate surface area is 184 Å². The van der Waals surface area contributed by atoms with E-state index in [1.54, 1.807) is 42.7 Å². The van der Waals surface area contributed by atoms with Gasteiger partial charge in [-0.2, -0.15) is 0 Å². The van der Waals surface area contributed by atoms with Crippen molar-refractivity contribution in [2.45, 2.75) is 6.54 Å². The zero-order valence-electron chi connectivity index (χ0n) is 17.5. The van der Waals surface area contributed by atoms with Crippen LogP contribution in [0.2, 0.25) is 0 Å². The van der Waals surface area contributed by atoms with Gasteiger partial charge in [-0.15, -0.1) is 0 Å². The lowest BCUT2D eigenvalue weighted by atomic mass is 10.0. The minimum atomic E-state index is -0.511. The number of carbonyl (C=O) groups excluding carboxylic acids is 2. The minimum absolute atomic E-state index is 0.0522. The van der Waals surface area contributed by atoms with E-state index in [0.717, 1.165) is 4.90 Å². The van der Waals surface area contributed by atoms with Crippen LogP contribution in [0.1, 0.15) is 11.1 Å². The quantitative estimate of drug-likeness (QED) is 0.573. The fourth-order valence-corrected chi connectivity index (χ4v) is 3.44. The number of hydrogen-bond acceptors (Lipinski definition) is 6. The first kappa shape index (κ1) is 21.0. The summed E-state index contributed by atoms with van der Waals surface area (Å²) in [6.45, 7) is 0.0522. The van der Waals surface area contributed by atoms with Crippen molar-refractivity contribution in [2.24, 2.45) is 0 Å². The SMILES string of the molecule is COc1ccc(OC)c(NC2=C(c3ccc(F)cc3)C(=O)N(Cc3cccnc3)C2=O)c1. The summed E-state index contributed by atoms with van der Waals surface area (Å²) in [6.07, 6.45) is 3.20. The predicted octanol–water partition coefficient (Wildman–Crippen LogP) is 3.63. The number of ether oxygens (including phenoxy) is 2. The molecule has 8 heteroatoms. The molecule has 1 N–H and O–H groups in total. The van der Waals surface area contributed by atoms with Crippen LogP contribution in [-0.4, -0.2) is 35.9 Å². The van der Waals surface area contributed by atoms with Crippen molar-refractivity contribution < 1.29 is 23.5 Å². The van der Waals surface area contributed by atoms with Gasteiger partial charge in [0.05, 0.1) is 32.0 Å². The van der Waals surface area contributed by atoms with Gasteiger partial charge in [-0.05, 0) is 41.5 Å². The molecule has 1 aliphatic heterocycles. The Balaban J connectivity index is 1.78. The summed E-state index contributed by atoms with van der Waals surface area (Å²) in [5.41, 5.74) is 1.78. The number of imide groups is 1. The van der Waals surface area contributed by atoms with E-state index in [9.17, 15) is 14.0 Å². The Kier molecular flexibility index (Phi) is 5.85. The van der Waals surface area contributed by atoms with Gasteiger partial charge in [0.1, 0.15) is 23.0 Å². The number of nitrogens with zero attached hydrogens (tertiary/aromatic N) is 2. The molecule has 0 saturated carbocycles. The molecule has 2 heterocycles. The van der Waals surface area contributed by atoms with Crippen molar-refractivity contribution >= 4 is 23.1 Å². The maximum Gasteiger partial charge on any atom is 0.278 e. The van der Waals surface area contributed by atoms with Crippen LogP contribution >= 0.6 is 0 Å². The van der Waals surface area contributed by atoms with E-state index in [-0.39, 0.29) is 17.8 Å². The van der Waals surface area contributed by atoms with Gasteiger partial charge in [0.2, 0.25) is 0 Å². The Hall–Kier alpha value is -4.20. The second-order valence-electron chi connectivity index (χ2n) is 7.01. The van der Waals surface area contributed by atoms with E-state index in [0.29, 0.717) is 28.3 Å². The van der Waals surface area contributed by atoms with Crippen LogP contribution in [0.5, 0.6) is 11.5 Å². The summed E-state index contributed by atoms with van der Waals surface area (Å²) >= 11 is 0. The number of carbonyl (C=O) groups is 2. The zero-order valence-corrected chi connectivity index (χ0v) is 17.5. The van der Waals surface area contributed by atoms with Gasteiger partial charge in [0.25, 0.3) is 11.8 Å². The minimum Gasteiger partial charge on any atom is -0.497 e. The first-order chi connectivity index (χ1) is 15.5. The molecule has 0 spiro atoms. The summed E-state index contributed by atoms with van der Waals surface area (Å²) < 4.78 is 24.2. The highest BCUT2D eigenvalue weighted by Gasteiger charge is 2.39. The molecule has 0 bridgehead atoms. The lowest BCUT2D eigenvalue weighted by Gasteiger charge is -2.16. The third kappa shape index (κ3) is 4.02. The van der Waals surface area contributed by atoms with Crippen LogP contribution in [0.4, 0.5) is 10.1 Å². The van der Waals surface area contributed by atoms with Crippen LogP contribution in [-0.2, 0) is 16.1 Å². The molecular weight excluding hydrogens is 413 g/mol. The summed E-state index contributed by atoms with van der Waals surface area (Å²) in [6, 6.07) is 14.0. The van der Waals surface area contributed by atoms with Crippen LogP contribution in [0, 0.1) is 5.82 Å². The fourth-order valence-electron chi connectivity index (χ4n) is 3.44. The smallest absolute Gasteiger partial charge is 0.278 e. The van der Waals surface area contributed by atoms with Gasteiger partial charge in [0, 0.05) is 18.5 Å². The Bertz CT molecular complexity index is 1190. The predicted molar refractivity (Wildman–Crippen MR) is 116 cm³/mol. The molecule has 3 aromatic rings. The van der Waals surface area contributed by atoms with E-state index < -0.39 is 17.6 Å². The highest BCUT2D eigenvalue weighted by Crippen LogP contribution is 2.35. The van der Waals surface area contributed by atoms with Gasteiger partial charge in [-0.25, -0.2) is 4.39 Å². The molecular formula is C24H20FN3O4. The lowest BCUT2D eigenvalue weighted by Crippen LogP contribution is -2.32. The van der Waals surface area contributed by atoms with Gasteiger partial charge < -0.3 is 14.8 Å². The van der Waals surface area contributed by atoms with Crippen LogP contribution in [0.25, 0.3) is 5.57 Å².